The minimum Gasteiger partial charge on any atom is -0.406 e. The van der Waals surface area contributed by atoms with Crippen LogP contribution in [-0.2, 0) is 14.3 Å². The van der Waals surface area contributed by atoms with Gasteiger partial charge in [0.1, 0.15) is 12.2 Å². The van der Waals surface area contributed by atoms with Gasteiger partial charge in [0.25, 0.3) is 0 Å². The lowest BCUT2D eigenvalue weighted by molar-refractivity contribution is -0.414. The molecule has 1 saturated heterocycles. The molecule has 0 aromatic heterocycles. The van der Waals surface area contributed by atoms with Crippen LogP contribution in [0, 0.1) is 0 Å². The maximum absolute atomic E-state index is 10.5. The van der Waals surface area contributed by atoms with Crippen LogP contribution < -0.4 is 0 Å². The number of esters is 1. The molecule has 0 amide bonds. The minimum absolute atomic E-state index is 0.442. The number of carbonyl (C=O) groups excluding carboxylic acids is 1. The lowest BCUT2D eigenvalue weighted by atomic mass is 10.0. The van der Waals surface area contributed by atoms with Crippen molar-refractivity contribution in [3.8, 4) is 0 Å². The van der Waals surface area contributed by atoms with E-state index in [9.17, 15) is 15.0 Å². The van der Waals surface area contributed by atoms with Crippen LogP contribution in [-0.4, -0.2) is 57.3 Å². The quantitative estimate of drug-likeness (QED) is 0.274. The van der Waals surface area contributed by atoms with Gasteiger partial charge in [0, 0.05) is 6.92 Å². The standard InChI is InChI=1S/C7H12O7/c1-3(8)14-7(12)6(11)5(10)4(9)2-13-7/h4-6,9-12H,2H2,1H3/t4-,5+,6-,7-/m1/s1. The Morgan fingerprint density at radius 1 is 1.50 bits per heavy atom. The number of hydrogen-bond donors (Lipinski definition) is 4. The molecule has 0 saturated carbocycles. The molecule has 14 heavy (non-hydrogen) atoms. The molecule has 1 rings (SSSR count). The van der Waals surface area contributed by atoms with Crippen LogP contribution in [0.3, 0.4) is 0 Å². The molecule has 1 aliphatic rings. The molecule has 82 valence electrons. The highest BCUT2D eigenvalue weighted by Gasteiger charge is 2.51. The highest BCUT2D eigenvalue weighted by atomic mass is 16.8. The highest BCUT2D eigenvalue weighted by Crippen LogP contribution is 2.24. The van der Waals surface area contributed by atoms with Crippen molar-refractivity contribution < 1.29 is 34.7 Å². The van der Waals surface area contributed by atoms with E-state index in [-0.39, 0.29) is 0 Å². The summed E-state index contributed by atoms with van der Waals surface area (Å²) in [4.78, 5) is 10.5. The lowest BCUT2D eigenvalue weighted by Crippen LogP contribution is -2.62. The predicted molar refractivity (Wildman–Crippen MR) is 40.7 cm³/mol. The van der Waals surface area contributed by atoms with Crippen LogP contribution in [0.2, 0.25) is 0 Å². The summed E-state index contributed by atoms with van der Waals surface area (Å²) in [6.07, 6.45) is -4.87. The van der Waals surface area contributed by atoms with Crippen molar-refractivity contribution >= 4 is 5.97 Å². The van der Waals surface area contributed by atoms with Gasteiger partial charge in [-0.1, -0.05) is 0 Å². The van der Waals surface area contributed by atoms with Crippen LogP contribution in [0.5, 0.6) is 0 Å². The first-order chi connectivity index (χ1) is 6.37. The number of ether oxygens (including phenoxy) is 2. The Labute approximate surface area is 79.5 Å². The number of rotatable bonds is 1. The van der Waals surface area contributed by atoms with Crippen molar-refractivity contribution in [2.75, 3.05) is 6.61 Å². The monoisotopic (exact) mass is 208 g/mol. The topological polar surface area (TPSA) is 116 Å². The fourth-order valence-corrected chi connectivity index (χ4v) is 1.11. The molecule has 0 aromatic rings. The zero-order valence-corrected chi connectivity index (χ0v) is 7.45. The first kappa shape index (κ1) is 11.3. The van der Waals surface area contributed by atoms with E-state index in [1.807, 2.05) is 0 Å². The molecule has 1 fully saturated rings. The highest BCUT2D eigenvalue weighted by molar-refractivity contribution is 5.66. The van der Waals surface area contributed by atoms with E-state index in [0.29, 0.717) is 0 Å². The number of aliphatic hydroxyl groups excluding tert-OH is 3. The molecule has 1 aliphatic heterocycles. The first-order valence-corrected chi connectivity index (χ1v) is 3.97. The van der Waals surface area contributed by atoms with Crippen LogP contribution >= 0.6 is 0 Å². The SMILES string of the molecule is CC(=O)O[C@]1(O)OC[C@@H](O)[C@H](O)[C@H]1O. The van der Waals surface area contributed by atoms with Crippen molar-refractivity contribution in [3.05, 3.63) is 0 Å². The van der Waals surface area contributed by atoms with Gasteiger partial charge in [-0.15, -0.1) is 0 Å². The molecule has 0 aliphatic carbocycles. The zero-order chi connectivity index (χ0) is 10.9. The van der Waals surface area contributed by atoms with E-state index >= 15 is 0 Å². The Morgan fingerprint density at radius 3 is 2.57 bits per heavy atom. The molecule has 4 N–H and O–H groups in total. The van der Waals surface area contributed by atoms with Gasteiger partial charge in [-0.25, -0.2) is 0 Å². The van der Waals surface area contributed by atoms with Crippen LogP contribution in [0.25, 0.3) is 0 Å². The fraction of sp³-hybridized carbons (Fsp3) is 0.857. The molecule has 7 heteroatoms. The maximum Gasteiger partial charge on any atom is 0.357 e. The molecule has 0 radical (unpaired) electrons. The average Bonchev–Trinajstić information content (AvgIpc) is 2.08. The van der Waals surface area contributed by atoms with Gasteiger partial charge in [-0.3, -0.25) is 4.79 Å². The number of hydrogen-bond acceptors (Lipinski definition) is 7. The maximum atomic E-state index is 10.5. The second kappa shape index (κ2) is 3.79. The molecule has 7 nitrogen and oxygen atoms in total. The van der Waals surface area contributed by atoms with Crippen molar-refractivity contribution in [1.29, 1.82) is 0 Å². The van der Waals surface area contributed by atoms with Gasteiger partial charge >= 0.3 is 11.9 Å². The summed E-state index contributed by atoms with van der Waals surface area (Å²) in [5.74, 6) is -3.47. The fourth-order valence-electron chi connectivity index (χ4n) is 1.11. The van der Waals surface area contributed by atoms with E-state index in [1.54, 1.807) is 0 Å². The van der Waals surface area contributed by atoms with E-state index in [1.165, 1.54) is 0 Å². The smallest absolute Gasteiger partial charge is 0.357 e. The van der Waals surface area contributed by atoms with Gasteiger partial charge < -0.3 is 29.9 Å². The second-order valence-corrected chi connectivity index (χ2v) is 3.04. The van der Waals surface area contributed by atoms with Gasteiger partial charge in [-0.2, -0.15) is 0 Å². The molecular weight excluding hydrogens is 196 g/mol. The number of carbonyl (C=O) groups is 1. The summed E-state index contributed by atoms with van der Waals surface area (Å²) in [6.45, 7) is 0.563. The van der Waals surface area contributed by atoms with Gasteiger partial charge in [-0.05, 0) is 0 Å². The summed E-state index contributed by atoms with van der Waals surface area (Å²) in [6, 6.07) is 0. The van der Waals surface area contributed by atoms with E-state index in [4.69, 9.17) is 10.2 Å². The Kier molecular flexibility index (Phi) is 3.07. The third-order valence-electron chi connectivity index (χ3n) is 1.84. The molecule has 0 bridgehead atoms. The normalized spacial score (nSPS) is 43.4. The Morgan fingerprint density at radius 2 is 2.07 bits per heavy atom. The molecule has 0 unspecified atom stereocenters. The second-order valence-electron chi connectivity index (χ2n) is 3.04. The molecule has 0 spiro atoms. The van der Waals surface area contributed by atoms with E-state index in [0.717, 1.165) is 6.92 Å². The first-order valence-electron chi connectivity index (χ1n) is 3.97. The van der Waals surface area contributed by atoms with Crippen LogP contribution in [0.15, 0.2) is 0 Å². The van der Waals surface area contributed by atoms with Crippen molar-refractivity contribution in [1.82, 2.24) is 0 Å². The Balaban J connectivity index is 2.74. The molecule has 0 aromatic carbocycles. The van der Waals surface area contributed by atoms with Crippen LogP contribution in [0.4, 0.5) is 0 Å². The zero-order valence-electron chi connectivity index (χ0n) is 7.45. The Hall–Kier alpha value is -0.730. The molecule has 4 atom stereocenters. The van der Waals surface area contributed by atoms with Crippen LogP contribution in [0.1, 0.15) is 6.92 Å². The van der Waals surface area contributed by atoms with Gasteiger partial charge in [0.2, 0.25) is 0 Å². The van der Waals surface area contributed by atoms with Gasteiger partial charge in [0.05, 0.1) is 6.61 Å². The van der Waals surface area contributed by atoms with E-state index in [2.05, 4.69) is 9.47 Å². The summed E-state index contributed by atoms with van der Waals surface area (Å²) < 4.78 is 8.81. The summed E-state index contributed by atoms with van der Waals surface area (Å²) in [5, 5.41) is 36.9. The predicted octanol–water partition coefficient (Wildman–Crippen LogP) is -2.69. The third kappa shape index (κ3) is 2.02. The molecular formula is C7H12O7. The lowest BCUT2D eigenvalue weighted by Gasteiger charge is -2.39. The van der Waals surface area contributed by atoms with Gasteiger partial charge in [0.15, 0.2) is 6.10 Å². The van der Waals surface area contributed by atoms with Crippen molar-refractivity contribution in [2.24, 2.45) is 0 Å². The molecule has 1 heterocycles. The largest absolute Gasteiger partial charge is 0.406 e. The third-order valence-corrected chi connectivity index (χ3v) is 1.84. The van der Waals surface area contributed by atoms with Crippen molar-refractivity contribution in [2.45, 2.75) is 31.2 Å². The van der Waals surface area contributed by atoms with Crippen molar-refractivity contribution in [3.63, 3.8) is 0 Å². The summed E-state index contributed by atoms with van der Waals surface area (Å²) in [7, 11) is 0. The van der Waals surface area contributed by atoms with E-state index < -0.39 is 36.9 Å². The minimum atomic E-state index is -2.59. The number of aliphatic hydroxyl groups is 4. The Bertz CT molecular complexity index is 230. The average molecular weight is 208 g/mol. The summed E-state index contributed by atoms with van der Waals surface area (Å²) >= 11 is 0. The summed E-state index contributed by atoms with van der Waals surface area (Å²) in [5.41, 5.74) is 0.